The highest BCUT2D eigenvalue weighted by atomic mass is 32.2. The zero-order valence-corrected chi connectivity index (χ0v) is 18.5. The number of carbonyl (C=O) groups is 1. The van der Waals surface area contributed by atoms with E-state index in [2.05, 4.69) is 0 Å². The molecule has 1 N–H and O–H groups in total. The van der Waals surface area contributed by atoms with Crippen LogP contribution in [0.5, 0.6) is 0 Å². The van der Waals surface area contributed by atoms with Crippen molar-refractivity contribution in [1.29, 1.82) is 0 Å². The smallest absolute Gasteiger partial charge is 0.381 e. The van der Waals surface area contributed by atoms with Gasteiger partial charge in [-0.3, -0.25) is 10.0 Å². The maximum absolute atomic E-state index is 12.6. The van der Waals surface area contributed by atoms with E-state index in [0.717, 1.165) is 23.6 Å². The lowest BCUT2D eigenvalue weighted by atomic mass is 9.92. The second kappa shape index (κ2) is 12.3. The maximum Gasteiger partial charge on any atom is 0.391 e. The Labute approximate surface area is 181 Å². The molecule has 12 heteroatoms. The minimum absolute atomic E-state index is 0.0951. The number of hydrogen-bond donors (Lipinski definition) is 1. The number of nitrogens with zero attached hydrogens (tertiary/aromatic N) is 2. The SMILES string of the molecule is O=C(C1CCOCC1)N(O)S(=O)(=O)N1CCC(CCCCCOCCC(F)(F)F)CC1. The van der Waals surface area contributed by atoms with Crippen molar-refractivity contribution in [2.45, 2.75) is 64.0 Å². The summed E-state index contributed by atoms with van der Waals surface area (Å²) in [5.41, 5.74) is 0. The average molecular weight is 475 g/mol. The van der Waals surface area contributed by atoms with Crippen LogP contribution in [0.15, 0.2) is 0 Å². The van der Waals surface area contributed by atoms with Gasteiger partial charge in [0.25, 0.3) is 5.91 Å². The minimum Gasteiger partial charge on any atom is -0.381 e. The van der Waals surface area contributed by atoms with Crippen molar-refractivity contribution in [3.8, 4) is 0 Å². The van der Waals surface area contributed by atoms with E-state index in [0.29, 0.717) is 57.8 Å². The Bertz CT molecular complexity index is 648. The number of amides is 1. The van der Waals surface area contributed by atoms with E-state index in [-0.39, 0.29) is 24.2 Å². The fourth-order valence-electron chi connectivity index (χ4n) is 3.86. The molecule has 0 aromatic heterocycles. The predicted molar refractivity (Wildman–Crippen MR) is 105 cm³/mol. The molecule has 0 spiro atoms. The number of halogens is 3. The number of alkyl halides is 3. The van der Waals surface area contributed by atoms with Gasteiger partial charge in [0, 0.05) is 38.8 Å². The Morgan fingerprint density at radius 1 is 1.06 bits per heavy atom. The summed E-state index contributed by atoms with van der Waals surface area (Å²) in [5, 5.41) is 10.1. The lowest BCUT2D eigenvalue weighted by molar-refractivity contribution is -0.154. The molecule has 8 nitrogen and oxygen atoms in total. The molecule has 0 atom stereocenters. The third kappa shape index (κ3) is 8.83. The van der Waals surface area contributed by atoms with E-state index < -0.39 is 34.6 Å². The molecule has 2 aliphatic heterocycles. The lowest BCUT2D eigenvalue weighted by Crippen LogP contribution is -2.50. The molecule has 0 aromatic carbocycles. The van der Waals surface area contributed by atoms with Crippen LogP contribution in [-0.4, -0.2) is 74.0 Å². The summed E-state index contributed by atoms with van der Waals surface area (Å²) in [6.45, 7) is 1.22. The van der Waals surface area contributed by atoms with Gasteiger partial charge in [0.15, 0.2) is 0 Å². The molecule has 0 aromatic rings. The van der Waals surface area contributed by atoms with Crippen molar-refractivity contribution in [1.82, 2.24) is 8.77 Å². The van der Waals surface area contributed by atoms with Gasteiger partial charge < -0.3 is 9.47 Å². The highest BCUT2D eigenvalue weighted by Gasteiger charge is 2.38. The van der Waals surface area contributed by atoms with E-state index in [4.69, 9.17) is 9.47 Å². The molecule has 2 aliphatic rings. The van der Waals surface area contributed by atoms with Crippen LogP contribution in [0.4, 0.5) is 13.2 Å². The number of rotatable bonds is 11. The summed E-state index contributed by atoms with van der Waals surface area (Å²) in [4.78, 5) is 12.3. The standard InChI is InChI=1S/C19H33F3N2O6S/c20-19(21,22)9-15-29-12-3-1-2-4-16-5-10-23(11-6-16)31(27,28)24(26)18(25)17-7-13-30-14-8-17/h16-17,26H,1-15H2. The van der Waals surface area contributed by atoms with Crippen LogP contribution < -0.4 is 0 Å². The van der Waals surface area contributed by atoms with Crippen LogP contribution in [0.2, 0.25) is 0 Å². The summed E-state index contributed by atoms with van der Waals surface area (Å²) in [6, 6.07) is 0. The van der Waals surface area contributed by atoms with Crippen molar-refractivity contribution >= 4 is 16.1 Å². The molecule has 2 rings (SSSR count). The number of hydroxylamine groups is 1. The Morgan fingerprint density at radius 3 is 2.32 bits per heavy atom. The highest BCUT2D eigenvalue weighted by Crippen LogP contribution is 2.27. The van der Waals surface area contributed by atoms with E-state index in [9.17, 15) is 31.6 Å². The summed E-state index contributed by atoms with van der Waals surface area (Å²) < 4.78 is 72.4. The topological polar surface area (TPSA) is 96.4 Å². The molecule has 2 heterocycles. The molecule has 2 fully saturated rings. The monoisotopic (exact) mass is 474 g/mol. The molecule has 182 valence electrons. The first kappa shape index (κ1) is 26.3. The van der Waals surface area contributed by atoms with Crippen LogP contribution in [0.1, 0.15) is 57.8 Å². The van der Waals surface area contributed by atoms with Crippen LogP contribution in [0, 0.1) is 11.8 Å². The fourth-order valence-corrected chi connectivity index (χ4v) is 5.12. The predicted octanol–water partition coefficient (Wildman–Crippen LogP) is 3.12. The molecule has 31 heavy (non-hydrogen) atoms. The molecular weight excluding hydrogens is 441 g/mol. The van der Waals surface area contributed by atoms with Gasteiger partial charge in [-0.05, 0) is 38.0 Å². The zero-order chi connectivity index (χ0) is 22.9. The maximum atomic E-state index is 12.6. The Balaban J connectivity index is 1.62. The summed E-state index contributed by atoms with van der Waals surface area (Å²) in [6.07, 6.45) is 0.277. The number of carbonyl (C=O) groups excluding carboxylic acids is 1. The molecule has 0 saturated carbocycles. The largest absolute Gasteiger partial charge is 0.391 e. The second-order valence-electron chi connectivity index (χ2n) is 8.14. The van der Waals surface area contributed by atoms with Crippen molar-refractivity contribution in [3.63, 3.8) is 0 Å². The van der Waals surface area contributed by atoms with E-state index in [1.54, 1.807) is 0 Å². The van der Waals surface area contributed by atoms with E-state index >= 15 is 0 Å². The fraction of sp³-hybridized carbons (Fsp3) is 0.947. The number of ether oxygens (including phenoxy) is 2. The molecule has 0 unspecified atom stereocenters. The van der Waals surface area contributed by atoms with Crippen LogP contribution in [-0.2, 0) is 24.5 Å². The van der Waals surface area contributed by atoms with Gasteiger partial charge in [-0.25, -0.2) is 0 Å². The molecule has 1 amide bonds. The molecule has 2 saturated heterocycles. The van der Waals surface area contributed by atoms with Gasteiger partial charge in [-0.15, -0.1) is 0 Å². The molecule has 0 bridgehead atoms. The number of hydrogen-bond acceptors (Lipinski definition) is 6. The molecule has 0 aliphatic carbocycles. The van der Waals surface area contributed by atoms with Crippen LogP contribution in [0.3, 0.4) is 0 Å². The van der Waals surface area contributed by atoms with Gasteiger partial charge in [0.1, 0.15) is 0 Å². The zero-order valence-electron chi connectivity index (χ0n) is 17.7. The van der Waals surface area contributed by atoms with Crippen molar-refractivity contribution in [2.75, 3.05) is 39.5 Å². The lowest BCUT2D eigenvalue weighted by Gasteiger charge is -2.33. The first-order valence-electron chi connectivity index (χ1n) is 10.9. The third-order valence-corrected chi connectivity index (χ3v) is 7.44. The van der Waals surface area contributed by atoms with Gasteiger partial charge in [0.2, 0.25) is 0 Å². The average Bonchev–Trinajstić information content (AvgIpc) is 2.74. The summed E-state index contributed by atoms with van der Waals surface area (Å²) >= 11 is 0. The molecular formula is C19H33F3N2O6S. The van der Waals surface area contributed by atoms with Crippen LogP contribution >= 0.6 is 0 Å². The van der Waals surface area contributed by atoms with Crippen molar-refractivity contribution in [2.24, 2.45) is 11.8 Å². The summed E-state index contributed by atoms with van der Waals surface area (Å²) in [5.74, 6) is -1.01. The minimum atomic E-state index is -4.25. The second-order valence-corrected chi connectivity index (χ2v) is 9.90. The molecule has 0 radical (unpaired) electrons. The number of unbranched alkanes of at least 4 members (excludes halogenated alkanes) is 2. The number of piperidine rings is 1. The van der Waals surface area contributed by atoms with Gasteiger partial charge in [-0.2, -0.15) is 25.9 Å². The normalized spacial score (nSPS) is 20.1. The first-order chi connectivity index (χ1) is 14.6. The quantitative estimate of drug-likeness (QED) is 0.281. The third-order valence-electron chi connectivity index (χ3n) is 5.81. The van der Waals surface area contributed by atoms with Gasteiger partial charge >= 0.3 is 16.4 Å². The van der Waals surface area contributed by atoms with Gasteiger partial charge in [-0.1, -0.05) is 23.7 Å². The van der Waals surface area contributed by atoms with Crippen molar-refractivity contribution in [3.05, 3.63) is 0 Å². The van der Waals surface area contributed by atoms with E-state index in [1.807, 2.05) is 0 Å². The Morgan fingerprint density at radius 2 is 1.71 bits per heavy atom. The van der Waals surface area contributed by atoms with Crippen LogP contribution in [0.25, 0.3) is 0 Å². The Hall–Kier alpha value is -0.950. The first-order valence-corrected chi connectivity index (χ1v) is 12.3. The van der Waals surface area contributed by atoms with E-state index in [1.165, 1.54) is 0 Å². The summed E-state index contributed by atoms with van der Waals surface area (Å²) in [7, 11) is -4.25. The Kier molecular flexibility index (Phi) is 10.5. The highest BCUT2D eigenvalue weighted by molar-refractivity contribution is 7.87. The van der Waals surface area contributed by atoms with Gasteiger partial charge in [0.05, 0.1) is 13.0 Å². The van der Waals surface area contributed by atoms with Crippen molar-refractivity contribution < 1.29 is 41.1 Å².